The average molecular weight is 404 g/mol. The van der Waals surface area contributed by atoms with Gasteiger partial charge in [0.25, 0.3) is 0 Å². The topological polar surface area (TPSA) is 37.3 Å². The number of carbonyl (C=O) groups excluding carboxylic acids is 1. The number of hydrogen-bond donors (Lipinski definition) is 1. The smallest absolute Gasteiger partial charge is 0.460 e. The average Bonchev–Trinajstić information content (AvgIpc) is 2.35. The second-order valence-corrected chi connectivity index (χ2v) is 4.52. The van der Waals surface area contributed by atoms with Gasteiger partial charge in [-0.05, 0) is 6.92 Å². The van der Waals surface area contributed by atoms with Crippen LogP contribution in [0.3, 0.4) is 0 Å². The fourth-order valence-corrected chi connectivity index (χ4v) is 1.20. The number of carbonyl (C=O) groups is 1. The van der Waals surface area contributed by atoms with Crippen LogP contribution in [0.5, 0.6) is 0 Å². The van der Waals surface area contributed by atoms with Crippen molar-refractivity contribution >= 4 is 5.78 Å². The number of alkyl halides is 13. The fraction of sp³-hybridized carbons (Fsp3) is 0.700. The molecule has 0 aliphatic carbocycles. The number of aliphatic hydroxyl groups excluding tert-OH is 1. The first-order valence-corrected chi connectivity index (χ1v) is 5.46. The van der Waals surface area contributed by atoms with E-state index in [1.807, 2.05) is 0 Å². The predicted molar refractivity (Wildman–Crippen MR) is 52.2 cm³/mol. The maximum absolute atomic E-state index is 13.1. The highest BCUT2D eigenvalue weighted by Crippen LogP contribution is 2.60. The highest BCUT2D eigenvalue weighted by molar-refractivity contribution is 5.97. The van der Waals surface area contributed by atoms with Crippen LogP contribution in [0.25, 0.3) is 0 Å². The summed E-state index contributed by atoms with van der Waals surface area (Å²) in [5.74, 6) is -43.5. The molecule has 25 heavy (non-hydrogen) atoms. The normalized spacial score (nSPS) is 16.2. The largest absolute Gasteiger partial charge is 0.512 e. The standard InChI is InChI=1S/C10H5F13O2/c1-3(24)2-4(25)5(11,12)6(13,14)7(15,16)8(17,18)9(19,20)10(21,22)23/h2,24H,1H3/b3-2-. The Morgan fingerprint density at radius 3 is 1.28 bits per heavy atom. The third-order valence-corrected chi connectivity index (χ3v) is 2.58. The van der Waals surface area contributed by atoms with Crippen LogP contribution in [0.15, 0.2) is 11.8 Å². The van der Waals surface area contributed by atoms with Crippen LogP contribution in [0.2, 0.25) is 0 Å². The summed E-state index contributed by atoms with van der Waals surface area (Å²) in [6.45, 7) is 0.372. The Balaban J connectivity index is 6.39. The molecule has 15 heteroatoms. The Bertz CT molecular complexity index is 554. The second kappa shape index (κ2) is 5.93. The summed E-state index contributed by atoms with van der Waals surface area (Å²) < 4.78 is 164. The molecule has 0 spiro atoms. The van der Waals surface area contributed by atoms with Gasteiger partial charge in [0.2, 0.25) is 5.78 Å². The summed E-state index contributed by atoms with van der Waals surface area (Å²) in [5, 5.41) is 8.41. The van der Waals surface area contributed by atoms with Gasteiger partial charge in [-0.25, -0.2) is 0 Å². The van der Waals surface area contributed by atoms with E-state index in [0.717, 1.165) is 0 Å². The molecule has 2 nitrogen and oxygen atoms in total. The SMILES string of the molecule is C/C(O)=C/C(=O)C(F)(F)C(F)(F)C(F)(F)C(F)(F)C(F)(F)C(F)(F)F. The van der Waals surface area contributed by atoms with Crippen LogP contribution in [-0.2, 0) is 4.79 Å². The molecule has 0 heterocycles. The van der Waals surface area contributed by atoms with Crippen LogP contribution in [-0.4, -0.2) is 46.7 Å². The summed E-state index contributed by atoms with van der Waals surface area (Å²) in [7, 11) is 0. The van der Waals surface area contributed by atoms with E-state index in [2.05, 4.69) is 0 Å². The molecule has 0 aliphatic rings. The van der Waals surface area contributed by atoms with Gasteiger partial charge in [0, 0.05) is 6.08 Å². The van der Waals surface area contributed by atoms with E-state index >= 15 is 0 Å². The molecule has 0 amide bonds. The molecule has 0 bridgehead atoms. The number of allylic oxidation sites excluding steroid dienone is 2. The van der Waals surface area contributed by atoms with Crippen LogP contribution in [0.1, 0.15) is 6.92 Å². The molecule has 0 fully saturated rings. The van der Waals surface area contributed by atoms with E-state index in [4.69, 9.17) is 5.11 Å². The van der Waals surface area contributed by atoms with Gasteiger partial charge < -0.3 is 5.11 Å². The number of ketones is 1. The van der Waals surface area contributed by atoms with Crippen molar-refractivity contribution in [2.24, 2.45) is 0 Å². The zero-order valence-corrected chi connectivity index (χ0v) is 11.3. The third-order valence-electron chi connectivity index (χ3n) is 2.58. The van der Waals surface area contributed by atoms with E-state index < -0.39 is 53.4 Å². The van der Waals surface area contributed by atoms with Gasteiger partial charge in [0.15, 0.2) is 0 Å². The van der Waals surface area contributed by atoms with Crippen LogP contribution >= 0.6 is 0 Å². The molecular weight excluding hydrogens is 399 g/mol. The zero-order valence-electron chi connectivity index (χ0n) is 11.3. The van der Waals surface area contributed by atoms with Gasteiger partial charge in [-0.3, -0.25) is 4.79 Å². The highest BCUT2D eigenvalue weighted by Gasteiger charge is 2.91. The summed E-state index contributed by atoms with van der Waals surface area (Å²) in [5.41, 5.74) is 0. The van der Waals surface area contributed by atoms with Crippen molar-refractivity contribution in [2.75, 3.05) is 0 Å². The number of rotatable bonds is 6. The van der Waals surface area contributed by atoms with Gasteiger partial charge in [-0.2, -0.15) is 57.1 Å². The highest BCUT2D eigenvalue weighted by atomic mass is 19.4. The Kier molecular flexibility index (Phi) is 5.53. The summed E-state index contributed by atoms with van der Waals surface area (Å²) in [6, 6.07) is 0. The maximum atomic E-state index is 13.1. The maximum Gasteiger partial charge on any atom is 0.460 e. The van der Waals surface area contributed by atoms with E-state index in [-0.39, 0.29) is 0 Å². The molecule has 148 valence electrons. The number of halogens is 13. The van der Waals surface area contributed by atoms with E-state index in [1.165, 1.54) is 0 Å². The molecule has 0 aliphatic heterocycles. The summed E-state index contributed by atoms with van der Waals surface area (Å²) in [4.78, 5) is 10.7. The molecule has 0 unspecified atom stereocenters. The lowest BCUT2D eigenvalue weighted by Gasteiger charge is -2.39. The monoisotopic (exact) mass is 404 g/mol. The first-order valence-electron chi connectivity index (χ1n) is 5.46. The number of hydrogen-bond acceptors (Lipinski definition) is 2. The fourth-order valence-electron chi connectivity index (χ4n) is 1.20. The molecule has 0 atom stereocenters. The lowest BCUT2D eigenvalue weighted by atomic mass is 9.92. The molecule has 0 aromatic heterocycles. The first kappa shape index (κ1) is 23.3. The van der Waals surface area contributed by atoms with Crippen molar-refractivity contribution in [3.05, 3.63) is 11.8 Å². The van der Waals surface area contributed by atoms with Gasteiger partial charge in [-0.15, -0.1) is 0 Å². The van der Waals surface area contributed by atoms with Crippen molar-refractivity contribution in [1.82, 2.24) is 0 Å². The van der Waals surface area contributed by atoms with Gasteiger partial charge in [0.05, 0.1) is 5.76 Å². The zero-order chi connectivity index (χ0) is 20.9. The van der Waals surface area contributed by atoms with Crippen LogP contribution in [0.4, 0.5) is 57.1 Å². The lowest BCUT2D eigenvalue weighted by Crippen LogP contribution is -2.71. The van der Waals surface area contributed by atoms with Crippen LogP contribution in [0, 0.1) is 0 Å². The van der Waals surface area contributed by atoms with Crippen LogP contribution < -0.4 is 0 Å². The Morgan fingerprint density at radius 2 is 1.00 bits per heavy atom. The minimum atomic E-state index is -8.07. The third kappa shape index (κ3) is 3.23. The van der Waals surface area contributed by atoms with Crippen molar-refractivity contribution in [1.29, 1.82) is 0 Å². The minimum Gasteiger partial charge on any atom is -0.512 e. The molecule has 0 aromatic rings. The molecule has 0 aromatic carbocycles. The lowest BCUT2D eigenvalue weighted by molar-refractivity contribution is -0.435. The Labute approximate surface area is 128 Å². The van der Waals surface area contributed by atoms with Crippen molar-refractivity contribution in [2.45, 2.75) is 42.7 Å². The quantitative estimate of drug-likeness (QED) is 0.394. The Hall–Kier alpha value is -1.70. The molecule has 0 saturated heterocycles. The Morgan fingerprint density at radius 1 is 0.680 bits per heavy atom. The molecule has 1 N–H and O–H groups in total. The molecule has 0 radical (unpaired) electrons. The van der Waals surface area contributed by atoms with Crippen molar-refractivity contribution < 1.29 is 67.0 Å². The first-order chi connectivity index (χ1) is 10.6. The van der Waals surface area contributed by atoms with E-state index in [9.17, 15) is 61.9 Å². The summed E-state index contributed by atoms with van der Waals surface area (Å²) in [6.07, 6.45) is -8.36. The number of aliphatic hydroxyl groups is 1. The van der Waals surface area contributed by atoms with Gasteiger partial charge >= 0.3 is 35.8 Å². The molecule has 0 rings (SSSR count). The van der Waals surface area contributed by atoms with Gasteiger partial charge in [0.1, 0.15) is 0 Å². The van der Waals surface area contributed by atoms with Crippen molar-refractivity contribution in [3.63, 3.8) is 0 Å². The van der Waals surface area contributed by atoms with E-state index in [1.54, 1.807) is 0 Å². The van der Waals surface area contributed by atoms with E-state index in [0.29, 0.717) is 6.92 Å². The predicted octanol–water partition coefficient (Wildman–Crippen LogP) is 4.76. The van der Waals surface area contributed by atoms with Crippen molar-refractivity contribution in [3.8, 4) is 0 Å². The molecular formula is C10H5F13O2. The summed E-state index contributed by atoms with van der Waals surface area (Å²) >= 11 is 0. The van der Waals surface area contributed by atoms with Gasteiger partial charge in [-0.1, -0.05) is 0 Å². The minimum absolute atomic E-state index is 0.372. The molecule has 0 saturated carbocycles. The second-order valence-electron chi connectivity index (χ2n) is 4.52.